The Morgan fingerprint density at radius 2 is 1.70 bits per heavy atom. The van der Waals surface area contributed by atoms with E-state index < -0.39 is 0 Å². The first-order valence-electron chi connectivity index (χ1n) is 7.73. The van der Waals surface area contributed by atoms with Crippen LogP contribution in [-0.2, 0) is 0 Å². The molecule has 4 heteroatoms. The normalized spacial score (nSPS) is 14.1. The lowest BCUT2D eigenvalue weighted by atomic mass is 10.1. The van der Waals surface area contributed by atoms with Crippen molar-refractivity contribution in [3.8, 4) is 0 Å². The molecule has 0 saturated carbocycles. The number of hydrogen-bond acceptors (Lipinski definition) is 3. The molecule has 1 aliphatic carbocycles. The molecule has 0 aliphatic heterocycles. The zero-order valence-corrected chi connectivity index (χ0v) is 12.4. The van der Waals surface area contributed by atoms with Crippen LogP contribution in [0.1, 0.15) is 12.2 Å². The third-order valence-corrected chi connectivity index (χ3v) is 4.32. The molecule has 0 atom stereocenters. The fourth-order valence-electron chi connectivity index (χ4n) is 3.09. The maximum absolute atomic E-state index is 8.52. The molecule has 2 aromatic heterocycles. The summed E-state index contributed by atoms with van der Waals surface area (Å²) in [6.07, 6.45) is 4.95. The lowest BCUT2D eigenvalue weighted by Gasteiger charge is -2.09. The van der Waals surface area contributed by atoms with Gasteiger partial charge in [0.1, 0.15) is 5.65 Å². The Kier molecular flexibility index (Phi) is 2.45. The maximum atomic E-state index is 8.52. The average Bonchev–Trinajstić information content (AvgIpc) is 3.31. The van der Waals surface area contributed by atoms with Crippen molar-refractivity contribution in [1.29, 1.82) is 5.41 Å². The number of nitrogens with one attached hydrogen (secondary N) is 1. The molecule has 23 heavy (non-hydrogen) atoms. The topological polar surface area (TPSA) is 54.0 Å². The van der Waals surface area contributed by atoms with Gasteiger partial charge in [-0.15, -0.1) is 0 Å². The highest BCUT2D eigenvalue weighted by Crippen LogP contribution is 2.27. The molecule has 0 unspecified atom stereocenters. The minimum atomic E-state index is 0.417. The average molecular weight is 298 g/mol. The quantitative estimate of drug-likeness (QED) is 0.459. The second kappa shape index (κ2) is 4.49. The highest BCUT2D eigenvalue weighted by molar-refractivity contribution is 6.03. The molecule has 0 radical (unpaired) electrons. The van der Waals surface area contributed by atoms with Crippen molar-refractivity contribution in [2.45, 2.75) is 6.42 Å². The van der Waals surface area contributed by atoms with Crippen LogP contribution in [0.2, 0.25) is 0 Å². The molecule has 4 nitrogen and oxygen atoms in total. The number of fused-ring (bicyclic) bond motifs is 5. The Hall–Kier alpha value is -3.01. The number of imidazole rings is 1. The molecule has 1 aliphatic rings. The van der Waals surface area contributed by atoms with E-state index in [1.807, 2.05) is 52.9 Å². The van der Waals surface area contributed by atoms with Crippen LogP contribution in [-0.4, -0.2) is 20.1 Å². The largest absolute Gasteiger partial charge is 0.301 e. The molecule has 4 aromatic rings. The fourth-order valence-corrected chi connectivity index (χ4v) is 3.09. The van der Waals surface area contributed by atoms with Crippen molar-refractivity contribution in [3.63, 3.8) is 0 Å². The third kappa shape index (κ3) is 1.88. The highest BCUT2D eigenvalue weighted by atomic mass is 15.1. The van der Waals surface area contributed by atoms with E-state index in [0.717, 1.165) is 27.6 Å². The van der Waals surface area contributed by atoms with Gasteiger partial charge >= 0.3 is 0 Å². The van der Waals surface area contributed by atoms with Crippen molar-refractivity contribution in [1.82, 2.24) is 14.4 Å². The molecule has 5 rings (SSSR count). The monoisotopic (exact) mass is 298 g/mol. The van der Waals surface area contributed by atoms with Crippen LogP contribution in [0.15, 0.2) is 60.7 Å². The predicted octanol–water partition coefficient (Wildman–Crippen LogP) is 3.98. The maximum Gasteiger partial charge on any atom is 0.160 e. The molecule has 1 N–H and O–H groups in total. The molecular formula is C19H14N4. The Morgan fingerprint density at radius 1 is 0.957 bits per heavy atom. The molecule has 0 amide bonds. The molecule has 0 bridgehead atoms. The summed E-state index contributed by atoms with van der Waals surface area (Å²) in [5.41, 5.74) is 4.26. The molecule has 0 saturated heterocycles. The predicted molar refractivity (Wildman–Crippen MR) is 92.1 cm³/mol. The van der Waals surface area contributed by atoms with Crippen LogP contribution in [0.5, 0.6) is 0 Å². The summed E-state index contributed by atoms with van der Waals surface area (Å²) in [5, 5.41) is 9.54. The van der Waals surface area contributed by atoms with E-state index in [4.69, 9.17) is 15.4 Å². The van der Waals surface area contributed by atoms with Crippen molar-refractivity contribution in [2.24, 2.45) is 5.92 Å². The van der Waals surface area contributed by atoms with Crippen molar-refractivity contribution < 1.29 is 0 Å². The SMILES string of the molecule is N=C(CC1C=C1)c1nc2ccccc2c2nc3ccccc3n12. The van der Waals surface area contributed by atoms with Gasteiger partial charge in [-0.3, -0.25) is 4.40 Å². The summed E-state index contributed by atoms with van der Waals surface area (Å²) >= 11 is 0. The number of allylic oxidation sites excluding steroid dienone is 2. The highest BCUT2D eigenvalue weighted by Gasteiger charge is 2.20. The first-order valence-corrected chi connectivity index (χ1v) is 7.73. The van der Waals surface area contributed by atoms with Crippen LogP contribution in [0.3, 0.4) is 0 Å². The van der Waals surface area contributed by atoms with Gasteiger partial charge in [0.15, 0.2) is 5.82 Å². The first kappa shape index (κ1) is 12.5. The first-order chi connectivity index (χ1) is 11.3. The molecule has 0 fully saturated rings. The van der Waals surface area contributed by atoms with Gasteiger partial charge in [-0.05, 0) is 24.3 Å². The van der Waals surface area contributed by atoms with Crippen LogP contribution in [0.25, 0.3) is 27.6 Å². The summed E-state index contributed by atoms with van der Waals surface area (Å²) in [6, 6.07) is 16.0. The Morgan fingerprint density at radius 3 is 2.52 bits per heavy atom. The Balaban J connectivity index is 1.90. The summed E-state index contributed by atoms with van der Waals surface area (Å²) in [4.78, 5) is 9.57. The summed E-state index contributed by atoms with van der Waals surface area (Å²) in [5.74, 6) is 1.11. The Bertz CT molecular complexity index is 1110. The van der Waals surface area contributed by atoms with E-state index in [9.17, 15) is 0 Å². The van der Waals surface area contributed by atoms with Gasteiger partial charge in [0, 0.05) is 17.7 Å². The fraction of sp³-hybridized carbons (Fsp3) is 0.105. The number of para-hydroxylation sites is 3. The molecule has 2 aromatic carbocycles. The van der Waals surface area contributed by atoms with Gasteiger partial charge in [-0.25, -0.2) is 9.97 Å². The van der Waals surface area contributed by atoms with Gasteiger partial charge in [-0.1, -0.05) is 36.4 Å². The van der Waals surface area contributed by atoms with E-state index in [1.54, 1.807) is 0 Å². The number of nitrogens with zero attached hydrogens (tertiary/aromatic N) is 3. The van der Waals surface area contributed by atoms with E-state index in [-0.39, 0.29) is 0 Å². The van der Waals surface area contributed by atoms with Crippen LogP contribution in [0, 0.1) is 11.3 Å². The number of hydrogen-bond donors (Lipinski definition) is 1. The Labute approximate surface area is 132 Å². The van der Waals surface area contributed by atoms with Gasteiger partial charge in [0.25, 0.3) is 0 Å². The lowest BCUT2D eigenvalue weighted by Crippen LogP contribution is -2.11. The molecule has 2 heterocycles. The molecule has 0 spiro atoms. The van der Waals surface area contributed by atoms with Crippen molar-refractivity contribution in [2.75, 3.05) is 0 Å². The van der Waals surface area contributed by atoms with Crippen molar-refractivity contribution >= 4 is 33.3 Å². The second-order valence-electron chi connectivity index (χ2n) is 5.94. The number of benzene rings is 2. The van der Waals surface area contributed by atoms with E-state index in [0.29, 0.717) is 23.9 Å². The van der Waals surface area contributed by atoms with E-state index in [2.05, 4.69) is 12.2 Å². The van der Waals surface area contributed by atoms with Gasteiger partial charge in [0.2, 0.25) is 0 Å². The summed E-state index contributed by atoms with van der Waals surface area (Å²) in [7, 11) is 0. The smallest absolute Gasteiger partial charge is 0.160 e. The second-order valence-corrected chi connectivity index (χ2v) is 5.94. The van der Waals surface area contributed by atoms with Crippen LogP contribution >= 0.6 is 0 Å². The molecular weight excluding hydrogens is 284 g/mol. The number of aromatic nitrogens is 3. The molecule has 110 valence electrons. The summed E-state index contributed by atoms with van der Waals surface area (Å²) in [6.45, 7) is 0. The van der Waals surface area contributed by atoms with Crippen LogP contribution in [0.4, 0.5) is 0 Å². The minimum absolute atomic E-state index is 0.417. The zero-order valence-electron chi connectivity index (χ0n) is 12.4. The lowest BCUT2D eigenvalue weighted by molar-refractivity contribution is 0.950. The summed E-state index contributed by atoms with van der Waals surface area (Å²) < 4.78 is 2.03. The van der Waals surface area contributed by atoms with Crippen LogP contribution < -0.4 is 0 Å². The van der Waals surface area contributed by atoms with Crippen molar-refractivity contribution in [3.05, 3.63) is 66.5 Å². The zero-order chi connectivity index (χ0) is 15.4. The minimum Gasteiger partial charge on any atom is -0.301 e. The number of rotatable bonds is 3. The van der Waals surface area contributed by atoms with E-state index in [1.165, 1.54) is 0 Å². The standard InChI is InChI=1S/C19H14N4/c20-14(11-12-9-10-12)19-21-15-6-2-1-5-13(15)18-22-16-7-3-4-8-17(16)23(18)19/h1-10,12,20H,11H2. The third-order valence-electron chi connectivity index (χ3n) is 4.32. The van der Waals surface area contributed by atoms with Gasteiger partial charge in [0.05, 0.1) is 22.3 Å². The van der Waals surface area contributed by atoms with Gasteiger partial charge in [-0.2, -0.15) is 0 Å². The van der Waals surface area contributed by atoms with E-state index >= 15 is 0 Å². The van der Waals surface area contributed by atoms with Gasteiger partial charge < -0.3 is 5.41 Å².